The zero-order chi connectivity index (χ0) is 18.8. The lowest BCUT2D eigenvalue weighted by Crippen LogP contribution is -2.36. The van der Waals surface area contributed by atoms with Crippen molar-refractivity contribution in [3.8, 4) is 0 Å². The monoisotopic (exact) mass is 345 g/mol. The standard InChI is InChI=1S/C20H27NO4/c1-13(2)18-12-17(10-11-20(18,5)14(3)4)25-19(22)15-6-8-16(9-7-15)21(23)24/h6-9,14,17H,10-12H2,1-5H3/t17-,20-/m1/s1. The van der Waals surface area contributed by atoms with Crippen LogP contribution in [0.5, 0.6) is 0 Å². The fourth-order valence-electron chi connectivity index (χ4n) is 3.63. The van der Waals surface area contributed by atoms with Gasteiger partial charge in [0.1, 0.15) is 6.10 Å². The molecule has 1 saturated carbocycles. The third-order valence-electron chi connectivity index (χ3n) is 5.57. The number of ether oxygens (including phenoxy) is 1. The van der Waals surface area contributed by atoms with Crippen LogP contribution in [0.15, 0.2) is 35.4 Å². The van der Waals surface area contributed by atoms with E-state index in [0.717, 1.165) is 19.3 Å². The summed E-state index contributed by atoms with van der Waals surface area (Å²) in [7, 11) is 0. The minimum atomic E-state index is -0.482. The minimum Gasteiger partial charge on any atom is -0.458 e. The van der Waals surface area contributed by atoms with Gasteiger partial charge in [-0.05, 0) is 50.2 Å². The lowest BCUT2D eigenvalue weighted by atomic mass is 9.63. The number of hydrogen-bond donors (Lipinski definition) is 0. The van der Waals surface area contributed by atoms with Crippen LogP contribution in [0.3, 0.4) is 0 Å². The average Bonchev–Trinajstić information content (AvgIpc) is 2.56. The van der Waals surface area contributed by atoms with Crippen LogP contribution in [0.1, 0.15) is 64.2 Å². The first-order valence-electron chi connectivity index (χ1n) is 8.77. The van der Waals surface area contributed by atoms with Gasteiger partial charge in [0.05, 0.1) is 10.5 Å². The van der Waals surface area contributed by atoms with Gasteiger partial charge in [-0.15, -0.1) is 0 Å². The molecule has 1 fully saturated rings. The van der Waals surface area contributed by atoms with E-state index in [-0.39, 0.29) is 17.2 Å². The molecule has 0 bridgehead atoms. The summed E-state index contributed by atoms with van der Waals surface area (Å²) in [6, 6.07) is 5.55. The Morgan fingerprint density at radius 2 is 1.88 bits per heavy atom. The van der Waals surface area contributed by atoms with Crippen molar-refractivity contribution in [2.75, 3.05) is 0 Å². The van der Waals surface area contributed by atoms with E-state index in [1.807, 2.05) is 0 Å². The van der Waals surface area contributed by atoms with Gasteiger partial charge in [0, 0.05) is 18.6 Å². The molecule has 5 heteroatoms. The molecule has 5 nitrogen and oxygen atoms in total. The molecule has 136 valence electrons. The zero-order valence-corrected chi connectivity index (χ0v) is 15.7. The first kappa shape index (κ1) is 19.2. The number of allylic oxidation sites excluding steroid dienone is 1. The van der Waals surface area contributed by atoms with Crippen LogP contribution >= 0.6 is 0 Å². The van der Waals surface area contributed by atoms with E-state index in [9.17, 15) is 14.9 Å². The molecule has 25 heavy (non-hydrogen) atoms. The molecule has 0 unspecified atom stereocenters. The Morgan fingerprint density at radius 1 is 1.28 bits per heavy atom. The molecule has 0 N–H and O–H groups in total. The summed E-state index contributed by atoms with van der Waals surface area (Å²) in [6.45, 7) is 11.0. The Bertz CT molecular complexity index is 686. The molecule has 0 amide bonds. The number of benzene rings is 1. The molecule has 0 aliphatic heterocycles. The van der Waals surface area contributed by atoms with Gasteiger partial charge >= 0.3 is 5.97 Å². The average molecular weight is 345 g/mol. The van der Waals surface area contributed by atoms with Gasteiger partial charge in [0.2, 0.25) is 0 Å². The summed E-state index contributed by atoms with van der Waals surface area (Å²) in [4.78, 5) is 22.6. The highest BCUT2D eigenvalue weighted by molar-refractivity contribution is 5.89. The van der Waals surface area contributed by atoms with Crippen molar-refractivity contribution in [3.05, 3.63) is 51.1 Å². The van der Waals surface area contributed by atoms with Gasteiger partial charge in [-0.2, -0.15) is 0 Å². The second kappa shape index (κ2) is 7.38. The maximum Gasteiger partial charge on any atom is 0.338 e. The van der Waals surface area contributed by atoms with E-state index in [0.29, 0.717) is 11.5 Å². The Balaban J connectivity index is 2.10. The Kier molecular flexibility index (Phi) is 5.65. The van der Waals surface area contributed by atoms with Crippen molar-refractivity contribution in [2.45, 2.75) is 60.0 Å². The summed E-state index contributed by atoms with van der Waals surface area (Å²) in [6.07, 6.45) is 2.45. The number of esters is 1. The molecule has 0 saturated heterocycles. The van der Waals surface area contributed by atoms with Crippen LogP contribution in [-0.4, -0.2) is 17.0 Å². The molecular formula is C20H27NO4. The highest BCUT2D eigenvalue weighted by atomic mass is 16.6. The lowest BCUT2D eigenvalue weighted by Gasteiger charge is -2.43. The highest BCUT2D eigenvalue weighted by Crippen LogP contribution is 2.48. The zero-order valence-electron chi connectivity index (χ0n) is 15.7. The van der Waals surface area contributed by atoms with Crippen LogP contribution in [0, 0.1) is 21.4 Å². The predicted molar refractivity (Wildman–Crippen MR) is 97.5 cm³/mol. The summed E-state index contributed by atoms with van der Waals surface area (Å²) in [5.41, 5.74) is 3.15. The van der Waals surface area contributed by atoms with Gasteiger partial charge in [0.15, 0.2) is 0 Å². The number of non-ortho nitro benzene ring substituents is 1. The van der Waals surface area contributed by atoms with Crippen molar-refractivity contribution in [3.63, 3.8) is 0 Å². The van der Waals surface area contributed by atoms with Gasteiger partial charge in [-0.3, -0.25) is 10.1 Å². The molecule has 0 aromatic heterocycles. The molecule has 2 rings (SSSR count). The SMILES string of the molecule is CC(C)=C1C[C@H](OC(=O)c2ccc([N+](=O)[O-])cc2)CC[C@]1(C)C(C)C. The van der Waals surface area contributed by atoms with E-state index in [1.165, 1.54) is 35.4 Å². The quantitative estimate of drug-likeness (QED) is 0.321. The van der Waals surface area contributed by atoms with Crippen LogP contribution in [0.2, 0.25) is 0 Å². The van der Waals surface area contributed by atoms with Crippen molar-refractivity contribution < 1.29 is 14.5 Å². The molecule has 1 aromatic rings. The highest BCUT2D eigenvalue weighted by Gasteiger charge is 2.39. The molecule has 2 atom stereocenters. The second-order valence-electron chi connectivity index (χ2n) is 7.62. The number of nitrogens with zero attached hydrogens (tertiary/aromatic N) is 1. The smallest absolute Gasteiger partial charge is 0.338 e. The number of hydrogen-bond acceptors (Lipinski definition) is 4. The first-order valence-corrected chi connectivity index (χ1v) is 8.77. The van der Waals surface area contributed by atoms with E-state index < -0.39 is 10.9 Å². The number of carbonyl (C=O) groups excluding carboxylic acids is 1. The largest absolute Gasteiger partial charge is 0.458 e. The van der Waals surface area contributed by atoms with Crippen LogP contribution < -0.4 is 0 Å². The van der Waals surface area contributed by atoms with E-state index >= 15 is 0 Å². The van der Waals surface area contributed by atoms with Crippen LogP contribution in [0.4, 0.5) is 5.69 Å². The van der Waals surface area contributed by atoms with Gasteiger partial charge < -0.3 is 4.74 Å². The maximum absolute atomic E-state index is 12.4. The number of nitro benzene ring substituents is 1. The summed E-state index contributed by atoms with van der Waals surface area (Å²) in [5, 5.41) is 10.7. The Morgan fingerprint density at radius 3 is 2.36 bits per heavy atom. The predicted octanol–water partition coefficient (Wildman–Crippen LogP) is 5.30. The normalized spacial score (nSPS) is 23.4. The lowest BCUT2D eigenvalue weighted by molar-refractivity contribution is -0.384. The van der Waals surface area contributed by atoms with Gasteiger partial charge in [-0.25, -0.2) is 4.79 Å². The van der Waals surface area contributed by atoms with Crippen molar-refractivity contribution in [1.82, 2.24) is 0 Å². The van der Waals surface area contributed by atoms with Crippen LogP contribution in [0.25, 0.3) is 0 Å². The van der Waals surface area contributed by atoms with Crippen molar-refractivity contribution >= 4 is 11.7 Å². The second-order valence-corrected chi connectivity index (χ2v) is 7.62. The first-order chi connectivity index (χ1) is 11.6. The fraction of sp³-hybridized carbons (Fsp3) is 0.550. The summed E-state index contributed by atoms with van der Waals surface area (Å²) in [5.74, 6) is 0.116. The summed E-state index contributed by atoms with van der Waals surface area (Å²) < 4.78 is 5.69. The molecule has 1 aliphatic rings. The number of carbonyl (C=O) groups is 1. The topological polar surface area (TPSA) is 69.4 Å². The molecule has 1 aliphatic carbocycles. The van der Waals surface area contributed by atoms with Gasteiger partial charge in [-0.1, -0.05) is 31.9 Å². The Hall–Kier alpha value is -2.17. The van der Waals surface area contributed by atoms with Gasteiger partial charge in [0.25, 0.3) is 5.69 Å². The van der Waals surface area contributed by atoms with Crippen molar-refractivity contribution in [2.24, 2.45) is 11.3 Å². The number of nitro groups is 1. The number of rotatable bonds is 4. The third-order valence-corrected chi connectivity index (χ3v) is 5.57. The molecular weight excluding hydrogens is 318 g/mol. The maximum atomic E-state index is 12.4. The van der Waals surface area contributed by atoms with Crippen LogP contribution in [-0.2, 0) is 4.74 Å². The van der Waals surface area contributed by atoms with E-state index in [4.69, 9.17) is 4.74 Å². The fourth-order valence-corrected chi connectivity index (χ4v) is 3.63. The van der Waals surface area contributed by atoms with E-state index in [1.54, 1.807) is 0 Å². The molecule has 0 spiro atoms. The molecule has 0 radical (unpaired) electrons. The third kappa shape index (κ3) is 4.09. The summed E-state index contributed by atoms with van der Waals surface area (Å²) >= 11 is 0. The van der Waals surface area contributed by atoms with E-state index in [2.05, 4.69) is 34.6 Å². The minimum absolute atomic E-state index is 0.0336. The van der Waals surface area contributed by atoms with Crippen molar-refractivity contribution in [1.29, 1.82) is 0 Å². The Labute approximate surface area is 149 Å². The molecule has 0 heterocycles. The molecule has 1 aromatic carbocycles.